The fourth-order valence-corrected chi connectivity index (χ4v) is 2.20. The lowest BCUT2D eigenvalue weighted by atomic mass is 9.85. The Morgan fingerprint density at radius 2 is 1.70 bits per heavy atom. The summed E-state index contributed by atoms with van der Waals surface area (Å²) in [7, 11) is 0. The van der Waals surface area contributed by atoms with Crippen LogP contribution in [-0.4, -0.2) is 28.3 Å². The average Bonchev–Trinajstić information content (AvgIpc) is 2.44. The number of nitrogens with one attached hydrogen (secondary N) is 1. The van der Waals surface area contributed by atoms with E-state index in [1.165, 1.54) is 0 Å². The first-order chi connectivity index (χ1) is 10.6. The number of hydrogen-bond acceptors (Lipinski definition) is 3. The molecule has 5 nitrogen and oxygen atoms in total. The minimum absolute atomic E-state index is 0.0321. The predicted molar refractivity (Wildman–Crippen MR) is 88.4 cm³/mol. The van der Waals surface area contributed by atoms with Crippen LogP contribution in [-0.2, 0) is 9.59 Å². The Bertz CT molecular complexity index is 577. The molecule has 2 N–H and O–H groups in total. The molecule has 1 amide bonds. The molecule has 1 aromatic rings. The van der Waals surface area contributed by atoms with Gasteiger partial charge < -0.3 is 10.4 Å². The summed E-state index contributed by atoms with van der Waals surface area (Å²) in [6.07, 6.45) is 0.00704. The van der Waals surface area contributed by atoms with Crippen LogP contribution in [0.2, 0.25) is 0 Å². The number of aliphatic carboxylic acids is 1. The van der Waals surface area contributed by atoms with Crippen LogP contribution < -0.4 is 5.32 Å². The fourth-order valence-electron chi connectivity index (χ4n) is 2.20. The second-order valence-electron chi connectivity index (χ2n) is 6.48. The Morgan fingerprint density at radius 3 is 2.17 bits per heavy atom. The number of Topliss-reactive ketones (excluding diaryl/α,β-unsaturated/α-hetero) is 1. The molecule has 0 aromatic heterocycles. The molecule has 0 fully saturated rings. The van der Waals surface area contributed by atoms with E-state index in [4.69, 9.17) is 5.11 Å². The van der Waals surface area contributed by atoms with Gasteiger partial charge in [0.15, 0.2) is 5.78 Å². The minimum atomic E-state index is -0.961. The van der Waals surface area contributed by atoms with Gasteiger partial charge in [0.25, 0.3) is 0 Å². The van der Waals surface area contributed by atoms with Crippen molar-refractivity contribution in [2.24, 2.45) is 5.92 Å². The lowest BCUT2D eigenvalue weighted by Gasteiger charge is -2.33. The summed E-state index contributed by atoms with van der Waals surface area (Å²) >= 11 is 0. The second-order valence-corrected chi connectivity index (χ2v) is 6.48. The van der Waals surface area contributed by atoms with Crippen molar-refractivity contribution in [2.45, 2.75) is 52.5 Å². The first kappa shape index (κ1) is 18.9. The zero-order valence-electron chi connectivity index (χ0n) is 14.2. The molecule has 5 heteroatoms. The van der Waals surface area contributed by atoms with Gasteiger partial charge in [-0.3, -0.25) is 14.4 Å². The van der Waals surface area contributed by atoms with Gasteiger partial charge in [0.2, 0.25) is 5.91 Å². The summed E-state index contributed by atoms with van der Waals surface area (Å²) < 4.78 is 0. The van der Waals surface area contributed by atoms with Gasteiger partial charge in [0, 0.05) is 23.9 Å². The van der Waals surface area contributed by atoms with Crippen molar-refractivity contribution in [3.05, 3.63) is 35.4 Å². The van der Waals surface area contributed by atoms with Gasteiger partial charge in [0.1, 0.15) is 0 Å². The van der Waals surface area contributed by atoms with E-state index in [9.17, 15) is 14.4 Å². The summed E-state index contributed by atoms with van der Waals surface area (Å²) in [6, 6.07) is 7.21. The molecular weight excluding hydrogens is 294 g/mol. The maximum absolute atomic E-state index is 12.1. The molecule has 23 heavy (non-hydrogen) atoms. The number of carboxylic acid groups (broad SMARTS) is 1. The molecule has 1 atom stereocenters. The van der Waals surface area contributed by atoms with Gasteiger partial charge in [-0.05, 0) is 19.8 Å². The van der Waals surface area contributed by atoms with Crippen LogP contribution in [0.15, 0.2) is 24.3 Å². The van der Waals surface area contributed by atoms with Crippen LogP contribution in [0, 0.1) is 12.8 Å². The first-order valence-electron chi connectivity index (χ1n) is 7.76. The third-order valence-corrected chi connectivity index (χ3v) is 4.17. The highest BCUT2D eigenvalue weighted by molar-refractivity contribution is 5.98. The minimum Gasteiger partial charge on any atom is -0.481 e. The zero-order chi connectivity index (χ0) is 17.6. The molecule has 0 saturated heterocycles. The number of hydrogen-bond donors (Lipinski definition) is 2. The predicted octanol–water partition coefficient (Wildman–Crippen LogP) is 2.96. The Balaban J connectivity index is 2.60. The normalized spacial score (nSPS) is 13.4. The summed E-state index contributed by atoms with van der Waals surface area (Å²) in [5.74, 6) is -1.39. The number of ketones is 1. The smallest absolute Gasteiger partial charge is 0.305 e. The van der Waals surface area contributed by atoms with Crippen molar-refractivity contribution in [2.75, 3.05) is 0 Å². The van der Waals surface area contributed by atoms with Crippen LogP contribution in [0.1, 0.15) is 56.0 Å². The molecular formula is C18H25NO4. The number of rotatable bonds is 8. The quantitative estimate of drug-likeness (QED) is 0.722. The molecule has 1 unspecified atom stereocenters. The summed E-state index contributed by atoms with van der Waals surface area (Å²) in [4.78, 5) is 35.1. The third kappa shape index (κ3) is 5.85. The standard InChI is InChI=1S/C18H25NO4/c1-12(2)18(4,11-17(22)23)19-16(21)10-9-15(20)14-7-5-13(3)6-8-14/h5-8,12H,9-11H2,1-4H3,(H,19,21)(H,22,23). The molecule has 0 heterocycles. The lowest BCUT2D eigenvalue weighted by Crippen LogP contribution is -2.51. The number of carbonyl (C=O) groups is 3. The molecule has 1 rings (SSSR count). The van der Waals surface area contributed by atoms with E-state index in [1.54, 1.807) is 19.1 Å². The van der Waals surface area contributed by atoms with Crippen molar-refractivity contribution >= 4 is 17.7 Å². The van der Waals surface area contributed by atoms with Gasteiger partial charge in [0.05, 0.1) is 6.42 Å². The van der Waals surface area contributed by atoms with Gasteiger partial charge in [-0.1, -0.05) is 43.7 Å². The van der Waals surface area contributed by atoms with Crippen LogP contribution in [0.3, 0.4) is 0 Å². The Labute approximate surface area is 137 Å². The topological polar surface area (TPSA) is 83.5 Å². The van der Waals surface area contributed by atoms with Gasteiger partial charge in [-0.2, -0.15) is 0 Å². The van der Waals surface area contributed by atoms with Crippen molar-refractivity contribution in [1.29, 1.82) is 0 Å². The molecule has 0 aliphatic heterocycles. The van der Waals surface area contributed by atoms with Crippen molar-refractivity contribution in [1.82, 2.24) is 5.32 Å². The van der Waals surface area contributed by atoms with Crippen LogP contribution in [0.25, 0.3) is 0 Å². The van der Waals surface area contributed by atoms with Crippen LogP contribution >= 0.6 is 0 Å². The monoisotopic (exact) mass is 319 g/mol. The zero-order valence-corrected chi connectivity index (χ0v) is 14.2. The molecule has 126 valence electrons. The Kier molecular flexibility index (Phi) is 6.49. The Hall–Kier alpha value is -2.17. The van der Waals surface area contributed by atoms with E-state index in [1.807, 2.05) is 32.9 Å². The average molecular weight is 319 g/mol. The largest absolute Gasteiger partial charge is 0.481 e. The highest BCUT2D eigenvalue weighted by Crippen LogP contribution is 2.21. The maximum Gasteiger partial charge on any atom is 0.305 e. The second kappa shape index (κ2) is 7.90. The van der Waals surface area contributed by atoms with E-state index in [0.29, 0.717) is 5.56 Å². The SMILES string of the molecule is Cc1ccc(C(=O)CCC(=O)NC(C)(CC(=O)O)C(C)C)cc1. The van der Waals surface area contributed by atoms with E-state index < -0.39 is 11.5 Å². The summed E-state index contributed by atoms with van der Waals surface area (Å²) in [5.41, 5.74) is 0.830. The molecule has 0 aliphatic rings. The van der Waals surface area contributed by atoms with Crippen molar-refractivity contribution < 1.29 is 19.5 Å². The molecule has 0 radical (unpaired) electrons. The highest BCUT2D eigenvalue weighted by atomic mass is 16.4. The lowest BCUT2D eigenvalue weighted by molar-refractivity contribution is -0.139. The van der Waals surface area contributed by atoms with Crippen molar-refractivity contribution in [3.8, 4) is 0 Å². The van der Waals surface area contributed by atoms with Crippen LogP contribution in [0.5, 0.6) is 0 Å². The molecule has 0 saturated carbocycles. The van der Waals surface area contributed by atoms with Gasteiger partial charge in [-0.15, -0.1) is 0 Å². The van der Waals surface area contributed by atoms with E-state index in [2.05, 4.69) is 5.32 Å². The fraction of sp³-hybridized carbons (Fsp3) is 0.500. The molecule has 0 bridgehead atoms. The van der Waals surface area contributed by atoms with Gasteiger partial charge >= 0.3 is 5.97 Å². The van der Waals surface area contributed by atoms with Crippen LogP contribution in [0.4, 0.5) is 0 Å². The van der Waals surface area contributed by atoms with E-state index in [0.717, 1.165) is 5.56 Å². The number of amides is 1. The van der Waals surface area contributed by atoms with Crippen molar-refractivity contribution in [3.63, 3.8) is 0 Å². The van der Waals surface area contributed by atoms with E-state index in [-0.39, 0.29) is 36.9 Å². The number of aryl methyl sites for hydroxylation is 1. The highest BCUT2D eigenvalue weighted by Gasteiger charge is 2.32. The van der Waals surface area contributed by atoms with Gasteiger partial charge in [-0.25, -0.2) is 0 Å². The summed E-state index contributed by atoms with van der Waals surface area (Å²) in [6.45, 7) is 7.38. The molecule has 1 aromatic carbocycles. The third-order valence-electron chi connectivity index (χ3n) is 4.17. The maximum atomic E-state index is 12.1. The Morgan fingerprint density at radius 1 is 1.13 bits per heavy atom. The number of carboxylic acids is 1. The van der Waals surface area contributed by atoms with E-state index >= 15 is 0 Å². The number of carbonyl (C=O) groups excluding carboxylic acids is 2. The number of benzene rings is 1. The molecule has 0 spiro atoms. The molecule has 0 aliphatic carbocycles. The summed E-state index contributed by atoms with van der Waals surface area (Å²) in [5, 5.41) is 11.8. The first-order valence-corrected chi connectivity index (χ1v) is 7.76.